The molecular formula is C25H33N3O6S. The molecule has 1 atom stereocenters. The van der Waals surface area contributed by atoms with Gasteiger partial charge >= 0.3 is 0 Å². The first-order valence-electron chi connectivity index (χ1n) is 11.7. The number of hydrogen-bond acceptors (Lipinski definition) is 6. The number of amides is 2. The Morgan fingerprint density at radius 3 is 2.29 bits per heavy atom. The van der Waals surface area contributed by atoms with Crippen molar-refractivity contribution in [3.63, 3.8) is 0 Å². The van der Waals surface area contributed by atoms with Gasteiger partial charge in [-0.15, -0.1) is 0 Å². The van der Waals surface area contributed by atoms with Crippen molar-refractivity contribution in [1.82, 2.24) is 9.62 Å². The Hall–Kier alpha value is -3.11. The van der Waals surface area contributed by atoms with Gasteiger partial charge in [-0.1, -0.05) is 13.3 Å². The minimum atomic E-state index is -3.57. The molecule has 0 aromatic heterocycles. The summed E-state index contributed by atoms with van der Waals surface area (Å²) in [7, 11) is -0.577. The maximum Gasteiger partial charge on any atom is 0.251 e. The quantitative estimate of drug-likeness (QED) is 0.514. The van der Waals surface area contributed by atoms with Crippen molar-refractivity contribution in [1.29, 1.82) is 0 Å². The number of piperidine rings is 1. The standard InChI is InChI=1S/C25H33N3O6S/c1-4-20-7-5-6-14-28(20)35(31,32)23-10-8-19(9-11-23)27-24(29)12-13-26-25(30)18-15-21(33-2)17-22(16-18)34-3/h8-11,15-17,20H,4-7,12-14H2,1-3H3,(H,26,30)(H,27,29). The van der Waals surface area contributed by atoms with Crippen molar-refractivity contribution in [3.05, 3.63) is 48.0 Å². The fraction of sp³-hybridized carbons (Fsp3) is 0.440. The smallest absolute Gasteiger partial charge is 0.251 e. The second-order valence-corrected chi connectivity index (χ2v) is 10.2. The summed E-state index contributed by atoms with van der Waals surface area (Å²) in [4.78, 5) is 24.9. The molecule has 2 aromatic carbocycles. The number of benzene rings is 2. The van der Waals surface area contributed by atoms with E-state index in [1.54, 1.807) is 34.6 Å². The topological polar surface area (TPSA) is 114 Å². The second-order valence-electron chi connectivity index (χ2n) is 8.35. The maximum absolute atomic E-state index is 13.1. The number of methoxy groups -OCH3 is 2. The van der Waals surface area contributed by atoms with Crippen LogP contribution in [0.1, 0.15) is 49.4 Å². The predicted molar refractivity (Wildman–Crippen MR) is 133 cm³/mol. The van der Waals surface area contributed by atoms with E-state index in [1.165, 1.54) is 26.4 Å². The van der Waals surface area contributed by atoms with Gasteiger partial charge in [0.2, 0.25) is 15.9 Å². The van der Waals surface area contributed by atoms with Crippen molar-refractivity contribution in [2.75, 3.05) is 32.6 Å². The van der Waals surface area contributed by atoms with E-state index in [1.807, 2.05) is 6.92 Å². The van der Waals surface area contributed by atoms with Gasteiger partial charge in [-0.05, 0) is 55.7 Å². The third-order valence-electron chi connectivity index (χ3n) is 6.04. The van der Waals surface area contributed by atoms with Crippen LogP contribution >= 0.6 is 0 Å². The summed E-state index contributed by atoms with van der Waals surface area (Å²) in [5.41, 5.74) is 0.848. The summed E-state index contributed by atoms with van der Waals surface area (Å²) in [5.74, 6) is 0.324. The molecule has 1 fully saturated rings. The van der Waals surface area contributed by atoms with Gasteiger partial charge in [-0.2, -0.15) is 4.31 Å². The molecule has 0 radical (unpaired) electrons. The Morgan fingerprint density at radius 1 is 1.03 bits per heavy atom. The lowest BCUT2D eigenvalue weighted by molar-refractivity contribution is -0.116. The number of carbonyl (C=O) groups excluding carboxylic acids is 2. The van der Waals surface area contributed by atoms with Crippen LogP contribution in [-0.4, -0.2) is 57.9 Å². The summed E-state index contributed by atoms with van der Waals surface area (Å²) >= 11 is 0. The van der Waals surface area contributed by atoms with Gasteiger partial charge < -0.3 is 20.1 Å². The first-order valence-corrected chi connectivity index (χ1v) is 13.2. The van der Waals surface area contributed by atoms with Gasteiger partial charge in [0.15, 0.2) is 0 Å². The van der Waals surface area contributed by atoms with E-state index in [-0.39, 0.29) is 35.7 Å². The molecule has 1 aliphatic heterocycles. The molecule has 35 heavy (non-hydrogen) atoms. The van der Waals surface area contributed by atoms with Gasteiger partial charge in [0.05, 0.1) is 19.1 Å². The number of hydrogen-bond donors (Lipinski definition) is 2. The van der Waals surface area contributed by atoms with Crippen LogP contribution in [0.15, 0.2) is 47.4 Å². The maximum atomic E-state index is 13.1. The first kappa shape index (κ1) is 26.5. The number of carbonyl (C=O) groups is 2. The Kier molecular flexibility index (Phi) is 9.11. The number of ether oxygens (including phenoxy) is 2. The molecule has 1 unspecified atom stereocenters. The Labute approximate surface area is 206 Å². The molecule has 0 spiro atoms. The molecule has 1 aliphatic rings. The van der Waals surface area contributed by atoms with Gasteiger partial charge in [0.25, 0.3) is 5.91 Å². The summed E-state index contributed by atoms with van der Waals surface area (Å²) < 4.78 is 38.1. The molecule has 9 nitrogen and oxygen atoms in total. The number of anilines is 1. The highest BCUT2D eigenvalue weighted by Crippen LogP contribution is 2.27. The SMILES string of the molecule is CCC1CCCCN1S(=O)(=O)c1ccc(NC(=O)CCNC(=O)c2cc(OC)cc(OC)c2)cc1. The molecule has 0 saturated carbocycles. The van der Waals surface area contributed by atoms with E-state index in [0.717, 1.165) is 25.7 Å². The largest absolute Gasteiger partial charge is 0.497 e. The monoisotopic (exact) mass is 503 g/mol. The summed E-state index contributed by atoms with van der Waals surface area (Å²) in [6.07, 6.45) is 3.63. The van der Waals surface area contributed by atoms with Crippen LogP contribution in [0.2, 0.25) is 0 Å². The zero-order valence-electron chi connectivity index (χ0n) is 20.4. The van der Waals surface area contributed by atoms with Crippen LogP contribution in [-0.2, 0) is 14.8 Å². The lowest BCUT2D eigenvalue weighted by atomic mass is 10.0. The van der Waals surface area contributed by atoms with E-state index < -0.39 is 10.0 Å². The predicted octanol–water partition coefficient (Wildman–Crippen LogP) is 3.42. The first-order chi connectivity index (χ1) is 16.8. The molecule has 3 rings (SSSR count). The second kappa shape index (κ2) is 12.0. The highest BCUT2D eigenvalue weighted by molar-refractivity contribution is 7.89. The van der Waals surface area contributed by atoms with Crippen molar-refractivity contribution in [3.8, 4) is 11.5 Å². The molecule has 1 saturated heterocycles. The van der Waals surface area contributed by atoms with Crippen molar-refractivity contribution < 1.29 is 27.5 Å². The summed E-state index contributed by atoms with van der Waals surface area (Å²) in [5, 5.41) is 5.43. The molecule has 0 bridgehead atoms. The summed E-state index contributed by atoms with van der Waals surface area (Å²) in [6, 6.07) is 11.1. The van der Waals surface area contributed by atoms with E-state index in [0.29, 0.717) is 29.3 Å². The number of nitrogens with one attached hydrogen (secondary N) is 2. The van der Waals surface area contributed by atoms with Crippen LogP contribution < -0.4 is 20.1 Å². The van der Waals surface area contributed by atoms with Crippen molar-refractivity contribution >= 4 is 27.5 Å². The molecule has 0 aliphatic carbocycles. The lowest BCUT2D eigenvalue weighted by Gasteiger charge is -2.34. The fourth-order valence-electron chi connectivity index (χ4n) is 4.10. The lowest BCUT2D eigenvalue weighted by Crippen LogP contribution is -2.43. The number of sulfonamides is 1. The summed E-state index contributed by atoms with van der Waals surface area (Å²) in [6.45, 7) is 2.67. The molecular weight excluding hydrogens is 470 g/mol. The van der Waals surface area contributed by atoms with E-state index in [4.69, 9.17) is 9.47 Å². The van der Waals surface area contributed by atoms with Gasteiger partial charge in [0.1, 0.15) is 11.5 Å². The van der Waals surface area contributed by atoms with Gasteiger partial charge in [-0.25, -0.2) is 8.42 Å². The average Bonchev–Trinajstić information content (AvgIpc) is 2.88. The molecule has 2 N–H and O–H groups in total. The Balaban J connectivity index is 1.53. The molecule has 2 amide bonds. The van der Waals surface area contributed by atoms with Crippen LogP contribution in [0, 0.1) is 0 Å². The molecule has 2 aromatic rings. The minimum absolute atomic E-state index is 0.0291. The third kappa shape index (κ3) is 6.73. The zero-order chi connectivity index (χ0) is 25.4. The number of nitrogens with zero attached hydrogens (tertiary/aromatic N) is 1. The molecule has 10 heteroatoms. The Bertz CT molecular complexity index is 1110. The molecule has 190 valence electrons. The zero-order valence-corrected chi connectivity index (χ0v) is 21.2. The van der Waals surface area contributed by atoms with Crippen LogP contribution in [0.5, 0.6) is 11.5 Å². The third-order valence-corrected chi connectivity index (χ3v) is 8.01. The highest BCUT2D eigenvalue weighted by Gasteiger charge is 2.32. The molecule has 1 heterocycles. The van der Waals surface area contributed by atoms with Gasteiger partial charge in [-0.3, -0.25) is 9.59 Å². The highest BCUT2D eigenvalue weighted by atomic mass is 32.2. The van der Waals surface area contributed by atoms with Gasteiger partial charge in [0, 0.05) is 42.9 Å². The van der Waals surface area contributed by atoms with Crippen molar-refractivity contribution in [2.24, 2.45) is 0 Å². The van der Waals surface area contributed by atoms with Crippen LogP contribution in [0.4, 0.5) is 5.69 Å². The normalized spacial score (nSPS) is 16.4. The van der Waals surface area contributed by atoms with Crippen molar-refractivity contribution in [2.45, 2.75) is 50.0 Å². The van der Waals surface area contributed by atoms with Crippen LogP contribution in [0.25, 0.3) is 0 Å². The van der Waals surface area contributed by atoms with Crippen LogP contribution in [0.3, 0.4) is 0 Å². The van der Waals surface area contributed by atoms with E-state index in [2.05, 4.69) is 10.6 Å². The van der Waals surface area contributed by atoms with E-state index in [9.17, 15) is 18.0 Å². The Morgan fingerprint density at radius 2 is 1.69 bits per heavy atom. The fourth-order valence-corrected chi connectivity index (χ4v) is 5.86. The minimum Gasteiger partial charge on any atom is -0.497 e. The number of rotatable bonds is 10. The van der Waals surface area contributed by atoms with E-state index >= 15 is 0 Å². The average molecular weight is 504 g/mol.